The minimum absolute atomic E-state index is 1.02. The smallest absolute Gasteiger partial charge is 0.123 e. The van der Waals surface area contributed by atoms with Crippen LogP contribution in [0.25, 0.3) is 10.6 Å². The molecule has 0 spiro atoms. The Hall–Kier alpha value is -2.24. The molecule has 0 radical (unpaired) electrons. The molecule has 2 aromatic heterocycles. The summed E-state index contributed by atoms with van der Waals surface area (Å²) in [6.45, 7) is 7.69. The predicted octanol–water partition coefficient (Wildman–Crippen LogP) is 3.88. The van der Waals surface area contributed by atoms with E-state index in [2.05, 4.69) is 51.4 Å². The fourth-order valence-corrected chi connectivity index (χ4v) is 4.24. The number of aryl methyl sites for hydroxylation is 1. The number of pyridine rings is 1. The van der Waals surface area contributed by atoms with Gasteiger partial charge in [-0.05, 0) is 36.8 Å². The molecule has 26 heavy (non-hydrogen) atoms. The summed E-state index contributed by atoms with van der Waals surface area (Å²) in [5.74, 6) is 0. The molecule has 0 bridgehead atoms. The van der Waals surface area contributed by atoms with Crippen LogP contribution >= 0.6 is 11.3 Å². The van der Waals surface area contributed by atoms with Crippen LogP contribution in [0.1, 0.15) is 11.3 Å². The van der Waals surface area contributed by atoms with Crippen molar-refractivity contribution >= 4 is 17.0 Å². The molecule has 4 nitrogen and oxygen atoms in total. The number of anilines is 1. The molecule has 0 aliphatic carbocycles. The van der Waals surface area contributed by atoms with Crippen molar-refractivity contribution < 1.29 is 0 Å². The first-order chi connectivity index (χ1) is 12.8. The lowest BCUT2D eigenvalue weighted by atomic mass is 10.2. The highest BCUT2D eigenvalue weighted by Crippen LogP contribution is 2.23. The Morgan fingerprint density at radius 2 is 1.85 bits per heavy atom. The molecule has 3 heterocycles. The van der Waals surface area contributed by atoms with Crippen LogP contribution in [-0.2, 0) is 6.42 Å². The van der Waals surface area contributed by atoms with Crippen LogP contribution in [-0.4, -0.2) is 47.6 Å². The van der Waals surface area contributed by atoms with Crippen molar-refractivity contribution in [1.29, 1.82) is 0 Å². The van der Waals surface area contributed by atoms with E-state index in [1.165, 1.54) is 16.9 Å². The fraction of sp³-hybridized carbons (Fsp3) is 0.333. The molecule has 1 aliphatic rings. The van der Waals surface area contributed by atoms with Crippen molar-refractivity contribution in [2.24, 2.45) is 0 Å². The number of piperazine rings is 1. The van der Waals surface area contributed by atoms with Crippen LogP contribution in [0.15, 0.2) is 54.2 Å². The summed E-state index contributed by atoms with van der Waals surface area (Å²) in [7, 11) is 0. The topological polar surface area (TPSA) is 32.3 Å². The molecule has 0 amide bonds. The Labute approximate surface area is 159 Å². The summed E-state index contributed by atoms with van der Waals surface area (Å²) >= 11 is 1.72. The van der Waals surface area contributed by atoms with E-state index >= 15 is 0 Å². The van der Waals surface area contributed by atoms with Gasteiger partial charge in [0.05, 0.1) is 5.69 Å². The standard InChI is InChI=1S/C21H24N4S/c1-17-3-2-4-20(15-17)25-13-11-24(12-14-25)10-7-19-16-26-21(23-19)18-5-8-22-9-6-18/h2-6,8-9,15-16H,7,10-14H2,1H3. The minimum Gasteiger partial charge on any atom is -0.369 e. The molecule has 0 atom stereocenters. The van der Waals surface area contributed by atoms with Gasteiger partial charge < -0.3 is 4.90 Å². The van der Waals surface area contributed by atoms with Crippen LogP contribution < -0.4 is 4.90 Å². The highest BCUT2D eigenvalue weighted by Gasteiger charge is 2.17. The lowest BCUT2D eigenvalue weighted by Gasteiger charge is -2.36. The van der Waals surface area contributed by atoms with Crippen molar-refractivity contribution in [2.45, 2.75) is 13.3 Å². The van der Waals surface area contributed by atoms with E-state index in [9.17, 15) is 0 Å². The number of rotatable bonds is 5. The highest BCUT2D eigenvalue weighted by molar-refractivity contribution is 7.13. The third-order valence-corrected chi connectivity index (χ3v) is 5.84. The monoisotopic (exact) mass is 364 g/mol. The zero-order valence-corrected chi connectivity index (χ0v) is 16.0. The lowest BCUT2D eigenvalue weighted by molar-refractivity contribution is 0.260. The normalized spacial score (nSPS) is 15.3. The zero-order chi connectivity index (χ0) is 17.8. The molecule has 134 valence electrons. The van der Waals surface area contributed by atoms with Gasteiger partial charge >= 0.3 is 0 Å². The summed E-state index contributed by atoms with van der Waals surface area (Å²) in [5, 5.41) is 3.28. The predicted molar refractivity (Wildman–Crippen MR) is 109 cm³/mol. The fourth-order valence-electron chi connectivity index (χ4n) is 3.38. The number of hydrogen-bond acceptors (Lipinski definition) is 5. The van der Waals surface area contributed by atoms with Crippen molar-refractivity contribution in [3.05, 3.63) is 65.4 Å². The molecule has 4 rings (SSSR count). The minimum atomic E-state index is 1.02. The Morgan fingerprint density at radius 3 is 2.62 bits per heavy atom. The molecule has 1 fully saturated rings. The van der Waals surface area contributed by atoms with E-state index in [0.29, 0.717) is 0 Å². The number of aromatic nitrogens is 2. The van der Waals surface area contributed by atoms with Gasteiger partial charge in [-0.15, -0.1) is 11.3 Å². The maximum Gasteiger partial charge on any atom is 0.123 e. The molecule has 0 saturated carbocycles. The summed E-state index contributed by atoms with van der Waals surface area (Å²) in [6, 6.07) is 12.9. The number of thiazole rings is 1. The quantitative estimate of drug-likeness (QED) is 0.688. The molecular formula is C21H24N4S. The van der Waals surface area contributed by atoms with Gasteiger partial charge in [-0.3, -0.25) is 9.88 Å². The molecule has 1 aromatic carbocycles. The first kappa shape index (κ1) is 17.2. The van der Waals surface area contributed by atoms with E-state index in [0.717, 1.165) is 49.7 Å². The Morgan fingerprint density at radius 1 is 1.04 bits per heavy atom. The van der Waals surface area contributed by atoms with Gasteiger partial charge in [0.1, 0.15) is 5.01 Å². The maximum absolute atomic E-state index is 4.79. The first-order valence-electron chi connectivity index (χ1n) is 9.17. The third kappa shape index (κ3) is 4.11. The summed E-state index contributed by atoms with van der Waals surface area (Å²) < 4.78 is 0. The second kappa shape index (κ2) is 7.98. The number of benzene rings is 1. The van der Waals surface area contributed by atoms with Gasteiger partial charge in [0.25, 0.3) is 0 Å². The van der Waals surface area contributed by atoms with E-state index in [1.54, 1.807) is 11.3 Å². The van der Waals surface area contributed by atoms with E-state index in [1.807, 2.05) is 24.5 Å². The van der Waals surface area contributed by atoms with Crippen molar-refractivity contribution in [3.63, 3.8) is 0 Å². The van der Waals surface area contributed by atoms with Crippen LogP contribution in [0.4, 0.5) is 5.69 Å². The summed E-state index contributed by atoms with van der Waals surface area (Å²) in [5.41, 5.74) is 5.04. The Bertz CT molecular complexity index is 838. The average Bonchev–Trinajstić information content (AvgIpc) is 3.17. The molecule has 0 N–H and O–H groups in total. The second-order valence-corrected chi connectivity index (χ2v) is 7.66. The maximum atomic E-state index is 4.79. The van der Waals surface area contributed by atoms with Crippen LogP contribution in [0.5, 0.6) is 0 Å². The Balaban J connectivity index is 1.28. The van der Waals surface area contributed by atoms with Crippen LogP contribution in [0.3, 0.4) is 0 Å². The van der Waals surface area contributed by atoms with Crippen molar-refractivity contribution in [1.82, 2.24) is 14.9 Å². The van der Waals surface area contributed by atoms with E-state index in [-0.39, 0.29) is 0 Å². The van der Waals surface area contributed by atoms with Gasteiger partial charge in [-0.1, -0.05) is 12.1 Å². The van der Waals surface area contributed by atoms with E-state index < -0.39 is 0 Å². The third-order valence-electron chi connectivity index (χ3n) is 4.90. The lowest BCUT2D eigenvalue weighted by Crippen LogP contribution is -2.47. The highest BCUT2D eigenvalue weighted by atomic mass is 32.1. The molecule has 0 unspecified atom stereocenters. The molecule has 1 aliphatic heterocycles. The first-order valence-corrected chi connectivity index (χ1v) is 10.0. The van der Waals surface area contributed by atoms with Gasteiger partial charge in [0.2, 0.25) is 0 Å². The van der Waals surface area contributed by atoms with Gasteiger partial charge in [0, 0.05) is 68.2 Å². The Kier molecular flexibility index (Phi) is 5.27. The van der Waals surface area contributed by atoms with Gasteiger partial charge in [-0.2, -0.15) is 0 Å². The van der Waals surface area contributed by atoms with Crippen LogP contribution in [0.2, 0.25) is 0 Å². The average molecular weight is 365 g/mol. The zero-order valence-electron chi connectivity index (χ0n) is 15.1. The molecule has 3 aromatic rings. The van der Waals surface area contributed by atoms with E-state index in [4.69, 9.17) is 4.98 Å². The van der Waals surface area contributed by atoms with Gasteiger partial charge in [0.15, 0.2) is 0 Å². The SMILES string of the molecule is Cc1cccc(N2CCN(CCc3csc(-c4ccncc4)n3)CC2)c1. The number of hydrogen-bond donors (Lipinski definition) is 0. The van der Waals surface area contributed by atoms with Crippen molar-refractivity contribution in [3.8, 4) is 10.6 Å². The van der Waals surface area contributed by atoms with Gasteiger partial charge in [-0.25, -0.2) is 4.98 Å². The largest absolute Gasteiger partial charge is 0.369 e. The summed E-state index contributed by atoms with van der Waals surface area (Å²) in [6.07, 6.45) is 4.67. The van der Waals surface area contributed by atoms with Crippen LogP contribution in [0, 0.1) is 6.92 Å². The molecule has 5 heteroatoms. The molecule has 1 saturated heterocycles. The summed E-state index contributed by atoms with van der Waals surface area (Å²) in [4.78, 5) is 13.9. The number of nitrogens with zero attached hydrogens (tertiary/aromatic N) is 4. The molecular weight excluding hydrogens is 340 g/mol. The second-order valence-electron chi connectivity index (χ2n) is 6.80. The van der Waals surface area contributed by atoms with Crippen molar-refractivity contribution in [2.75, 3.05) is 37.6 Å².